The molecule has 0 aliphatic carbocycles. The minimum absolute atomic E-state index is 0.436. The zero-order chi connectivity index (χ0) is 17.2. The van der Waals surface area contributed by atoms with E-state index in [1.54, 1.807) is 30.6 Å². The van der Waals surface area contributed by atoms with E-state index in [9.17, 15) is 4.79 Å². The monoisotopic (exact) mass is 321 g/mol. The Kier molecular flexibility index (Phi) is 6.53. The molecule has 0 aromatic carbocycles. The summed E-state index contributed by atoms with van der Waals surface area (Å²) in [5.41, 5.74) is 1.71. The van der Waals surface area contributed by atoms with Gasteiger partial charge in [-0.3, -0.25) is 4.98 Å². The van der Waals surface area contributed by atoms with Gasteiger partial charge in [-0.25, -0.2) is 4.79 Å². The van der Waals surface area contributed by atoms with Crippen LogP contribution in [0.3, 0.4) is 0 Å². The van der Waals surface area contributed by atoms with Crippen molar-refractivity contribution in [2.45, 2.75) is 6.92 Å². The molecule has 0 atom stereocenters. The van der Waals surface area contributed by atoms with Crippen LogP contribution in [0.1, 0.15) is 18.2 Å². The first-order chi connectivity index (χ1) is 11.7. The molecule has 0 saturated heterocycles. The van der Waals surface area contributed by atoms with Gasteiger partial charge >= 0.3 is 5.63 Å². The number of allylic oxidation sites excluding steroid dienone is 6. The van der Waals surface area contributed by atoms with E-state index in [2.05, 4.69) is 4.98 Å². The minimum Gasteiger partial charge on any atom is -0.496 e. The van der Waals surface area contributed by atoms with Crippen LogP contribution in [0.4, 0.5) is 0 Å². The number of aromatic nitrogens is 1. The molecule has 0 aliphatic heterocycles. The molecule has 2 rings (SSSR count). The molecule has 0 N–H and O–H groups in total. The summed E-state index contributed by atoms with van der Waals surface area (Å²) >= 11 is 0. The number of nitrogens with zero attached hydrogens (tertiary/aromatic N) is 1. The third-order valence-electron chi connectivity index (χ3n) is 3.06. The average Bonchev–Trinajstić information content (AvgIpc) is 2.59. The second-order valence-corrected chi connectivity index (χ2v) is 4.99. The van der Waals surface area contributed by atoms with E-state index < -0.39 is 5.63 Å². The fourth-order valence-corrected chi connectivity index (χ4v) is 1.87. The predicted octanol–water partition coefficient (Wildman–Crippen LogP) is 4.27. The first-order valence-electron chi connectivity index (χ1n) is 7.46. The van der Waals surface area contributed by atoms with Gasteiger partial charge in [0.2, 0.25) is 0 Å². The van der Waals surface area contributed by atoms with E-state index in [1.165, 1.54) is 13.2 Å². The molecule has 0 unspecified atom stereocenters. The largest absolute Gasteiger partial charge is 0.496 e. The Morgan fingerprint density at radius 1 is 1.21 bits per heavy atom. The fraction of sp³-hybridized carbons (Fsp3) is 0.100. The highest BCUT2D eigenvalue weighted by Gasteiger charge is 1.97. The summed E-state index contributed by atoms with van der Waals surface area (Å²) in [6.45, 7) is 2.00. The highest BCUT2D eigenvalue weighted by molar-refractivity contribution is 5.51. The van der Waals surface area contributed by atoms with Crippen molar-refractivity contribution in [1.29, 1.82) is 0 Å². The first kappa shape index (κ1) is 17.2. The smallest absolute Gasteiger partial charge is 0.339 e. The summed E-state index contributed by atoms with van der Waals surface area (Å²) in [4.78, 5) is 15.4. The molecule has 2 aromatic heterocycles. The van der Waals surface area contributed by atoms with Gasteiger partial charge in [-0.05, 0) is 24.6 Å². The van der Waals surface area contributed by atoms with Gasteiger partial charge in [-0.1, -0.05) is 48.1 Å². The third kappa shape index (κ3) is 5.93. The number of pyridine rings is 1. The summed E-state index contributed by atoms with van der Waals surface area (Å²) in [6.07, 6.45) is 16.9. The molecule has 0 saturated carbocycles. The van der Waals surface area contributed by atoms with Crippen molar-refractivity contribution < 1.29 is 9.15 Å². The molecule has 0 amide bonds. The second-order valence-electron chi connectivity index (χ2n) is 4.99. The average molecular weight is 321 g/mol. The van der Waals surface area contributed by atoms with E-state index in [-0.39, 0.29) is 0 Å². The summed E-state index contributed by atoms with van der Waals surface area (Å²) in [5.74, 6) is 0.925. The molecule has 0 spiro atoms. The summed E-state index contributed by atoms with van der Waals surface area (Å²) in [7, 11) is 1.51. The molecule has 0 aliphatic rings. The number of methoxy groups -OCH3 is 1. The standard InChI is InChI=1S/C20H19NO3/c1-16(8-5-9-17-10-6-12-21-15-17)7-3-4-11-18-13-19(23-2)14-20(22)24-18/h3-15H,1-2H3/b7-3+,9-5+,11-4+,16-8+. The van der Waals surface area contributed by atoms with E-state index in [0.29, 0.717) is 11.5 Å². The van der Waals surface area contributed by atoms with E-state index >= 15 is 0 Å². The van der Waals surface area contributed by atoms with Gasteiger partial charge in [0.25, 0.3) is 0 Å². The van der Waals surface area contributed by atoms with Crippen LogP contribution in [0.5, 0.6) is 5.75 Å². The molecule has 2 heterocycles. The van der Waals surface area contributed by atoms with Crippen LogP contribution in [0.2, 0.25) is 0 Å². The minimum atomic E-state index is -0.436. The lowest BCUT2D eigenvalue weighted by Gasteiger charge is -1.98. The molecule has 0 fully saturated rings. The zero-order valence-electron chi connectivity index (χ0n) is 13.7. The molecule has 0 radical (unpaired) electrons. The fourth-order valence-electron chi connectivity index (χ4n) is 1.87. The second kappa shape index (κ2) is 9.10. The van der Waals surface area contributed by atoms with Crippen LogP contribution in [-0.2, 0) is 0 Å². The molecule has 0 bridgehead atoms. The van der Waals surface area contributed by atoms with Crippen molar-refractivity contribution in [3.63, 3.8) is 0 Å². The van der Waals surface area contributed by atoms with Crippen molar-refractivity contribution in [2.75, 3.05) is 7.11 Å². The zero-order valence-corrected chi connectivity index (χ0v) is 13.7. The Balaban J connectivity index is 1.95. The molecule has 24 heavy (non-hydrogen) atoms. The van der Waals surface area contributed by atoms with Gasteiger partial charge in [0.05, 0.1) is 13.2 Å². The van der Waals surface area contributed by atoms with Crippen molar-refractivity contribution in [1.82, 2.24) is 4.98 Å². The van der Waals surface area contributed by atoms with Crippen molar-refractivity contribution in [3.8, 4) is 5.75 Å². The maximum Gasteiger partial charge on any atom is 0.339 e. The predicted molar refractivity (Wildman–Crippen MR) is 96.7 cm³/mol. The quantitative estimate of drug-likeness (QED) is 0.746. The lowest BCUT2D eigenvalue weighted by Crippen LogP contribution is -1.98. The highest BCUT2D eigenvalue weighted by Crippen LogP contribution is 2.10. The van der Waals surface area contributed by atoms with E-state index in [0.717, 1.165) is 11.1 Å². The van der Waals surface area contributed by atoms with Gasteiger partial charge in [0.1, 0.15) is 11.5 Å². The molecular weight excluding hydrogens is 302 g/mol. The highest BCUT2D eigenvalue weighted by atomic mass is 16.5. The molecule has 122 valence electrons. The first-order valence-corrected chi connectivity index (χ1v) is 7.46. The van der Waals surface area contributed by atoms with Gasteiger partial charge < -0.3 is 9.15 Å². The van der Waals surface area contributed by atoms with Crippen LogP contribution in [0.25, 0.3) is 12.2 Å². The van der Waals surface area contributed by atoms with Crippen LogP contribution in [-0.4, -0.2) is 12.1 Å². The third-order valence-corrected chi connectivity index (χ3v) is 3.06. The van der Waals surface area contributed by atoms with Crippen LogP contribution in [0.15, 0.2) is 81.8 Å². The van der Waals surface area contributed by atoms with Crippen LogP contribution < -0.4 is 10.4 Å². The maximum absolute atomic E-state index is 11.3. The van der Waals surface area contributed by atoms with E-state index in [4.69, 9.17) is 9.15 Å². The van der Waals surface area contributed by atoms with Gasteiger partial charge in [-0.15, -0.1) is 0 Å². The summed E-state index contributed by atoms with van der Waals surface area (Å²) in [6, 6.07) is 6.85. The Morgan fingerprint density at radius 3 is 2.83 bits per heavy atom. The summed E-state index contributed by atoms with van der Waals surface area (Å²) in [5, 5.41) is 0. The normalized spacial score (nSPS) is 12.5. The van der Waals surface area contributed by atoms with Gasteiger partial charge in [0.15, 0.2) is 0 Å². The maximum atomic E-state index is 11.3. The Hall–Kier alpha value is -3.14. The van der Waals surface area contributed by atoms with Gasteiger partial charge in [-0.2, -0.15) is 0 Å². The van der Waals surface area contributed by atoms with Crippen LogP contribution in [0, 0.1) is 0 Å². The topological polar surface area (TPSA) is 52.3 Å². The Morgan fingerprint density at radius 2 is 2.08 bits per heavy atom. The van der Waals surface area contributed by atoms with Crippen molar-refractivity contribution >= 4 is 12.2 Å². The number of hydrogen-bond donors (Lipinski definition) is 0. The Labute approximate surface area is 141 Å². The Bertz CT molecular complexity index is 827. The van der Waals surface area contributed by atoms with Crippen molar-refractivity contribution in [3.05, 3.63) is 94.4 Å². The SMILES string of the molecule is COc1cc(/C=C/C=C/C(C)=C/C=C/c2cccnc2)oc(=O)c1. The number of ether oxygens (including phenoxy) is 1. The van der Waals surface area contributed by atoms with E-state index in [1.807, 2.05) is 49.4 Å². The molecule has 4 heteroatoms. The van der Waals surface area contributed by atoms with Crippen LogP contribution >= 0.6 is 0 Å². The number of rotatable bonds is 6. The van der Waals surface area contributed by atoms with Gasteiger partial charge in [0, 0.05) is 18.5 Å². The lowest BCUT2D eigenvalue weighted by molar-refractivity contribution is 0.400. The molecule has 2 aromatic rings. The summed E-state index contributed by atoms with van der Waals surface area (Å²) < 4.78 is 10.1. The van der Waals surface area contributed by atoms with Crippen molar-refractivity contribution in [2.24, 2.45) is 0 Å². The number of hydrogen-bond acceptors (Lipinski definition) is 4. The lowest BCUT2D eigenvalue weighted by atomic mass is 10.2. The molecular formula is C20H19NO3. The molecule has 4 nitrogen and oxygen atoms in total.